The minimum Gasteiger partial charge on any atom is -0.439 e. The molecule has 1 aliphatic rings. The minimum absolute atomic E-state index is 0.0624. The molecule has 0 amide bonds. The molecule has 4 rings (SSSR count). The van der Waals surface area contributed by atoms with Crippen LogP contribution in [0.3, 0.4) is 0 Å². The van der Waals surface area contributed by atoms with E-state index in [9.17, 15) is 9.90 Å². The molecule has 1 saturated heterocycles. The fraction of sp³-hybridized carbons (Fsp3) is 0.469. The Labute approximate surface area is 226 Å². The van der Waals surface area contributed by atoms with Gasteiger partial charge < -0.3 is 24.5 Å². The molecule has 2 atom stereocenters. The van der Waals surface area contributed by atoms with Crippen LogP contribution in [0.1, 0.15) is 89.0 Å². The maximum Gasteiger partial charge on any atom is 0.207 e. The maximum atomic E-state index is 13.7. The Morgan fingerprint density at radius 2 is 1.82 bits per heavy atom. The summed E-state index contributed by atoms with van der Waals surface area (Å²) in [4.78, 5) is 15.9. The van der Waals surface area contributed by atoms with Gasteiger partial charge in [-0.1, -0.05) is 50.8 Å². The Balaban J connectivity index is 1.77. The molecule has 6 nitrogen and oxygen atoms in total. The first-order valence-electron chi connectivity index (χ1n) is 13.5. The molecular weight excluding hydrogens is 476 g/mol. The monoisotopic (exact) mass is 518 g/mol. The summed E-state index contributed by atoms with van der Waals surface area (Å²) in [5, 5.41) is 14.9. The Kier molecular flexibility index (Phi) is 7.78. The van der Waals surface area contributed by atoms with Crippen molar-refractivity contribution in [3.05, 3.63) is 75.5 Å². The van der Waals surface area contributed by atoms with Crippen molar-refractivity contribution in [2.45, 2.75) is 79.2 Å². The number of benzene rings is 2. The molecule has 0 saturated carbocycles. The van der Waals surface area contributed by atoms with Crippen molar-refractivity contribution in [2.24, 2.45) is 5.41 Å². The van der Waals surface area contributed by atoms with Gasteiger partial charge in [-0.05, 0) is 70.6 Å². The Morgan fingerprint density at radius 1 is 1.16 bits per heavy atom. The van der Waals surface area contributed by atoms with Crippen LogP contribution in [0.5, 0.6) is 0 Å². The number of nitrogens with one attached hydrogen (secondary N) is 1. The van der Waals surface area contributed by atoms with E-state index in [2.05, 4.69) is 36.7 Å². The summed E-state index contributed by atoms with van der Waals surface area (Å²) in [6, 6.07) is 11.3. The maximum absolute atomic E-state index is 13.7. The van der Waals surface area contributed by atoms with Crippen LogP contribution in [0, 0.1) is 12.3 Å². The fourth-order valence-electron chi connectivity index (χ4n) is 5.08. The summed E-state index contributed by atoms with van der Waals surface area (Å²) >= 11 is 0. The van der Waals surface area contributed by atoms with Crippen molar-refractivity contribution in [1.29, 1.82) is 0 Å². The number of rotatable bonds is 7. The summed E-state index contributed by atoms with van der Waals surface area (Å²) in [6.07, 6.45) is 2.60. The molecule has 1 fully saturated rings. The topological polar surface area (TPSA) is 74.9 Å². The van der Waals surface area contributed by atoms with Crippen LogP contribution >= 0.6 is 0 Å². The molecule has 0 bridgehead atoms. The van der Waals surface area contributed by atoms with Gasteiger partial charge in [-0.25, -0.2) is 0 Å². The van der Waals surface area contributed by atoms with Crippen LogP contribution in [-0.4, -0.2) is 23.8 Å². The van der Waals surface area contributed by atoms with Crippen LogP contribution in [0.2, 0.25) is 0 Å². The number of anilines is 2. The standard InChI is InChI=1S/C32H42N2O4/c1-9-22-27(35)25-19-20(2)18-24(28(25)37-29(22)34-16-14-32(7,8)15-17-34)21(3)33-26-13-11-10-12-23(26)30(36)38-31(4,5)6/h9-13,18-19,21,30,33,36H,1,14-17H2,2-8H3/t21-,30?/m1/s1. The molecule has 0 radical (unpaired) electrons. The van der Waals surface area contributed by atoms with Gasteiger partial charge in [0.15, 0.2) is 6.29 Å². The van der Waals surface area contributed by atoms with Crippen LogP contribution in [0.25, 0.3) is 17.0 Å². The number of aryl methyl sites for hydroxylation is 1. The van der Waals surface area contributed by atoms with E-state index in [1.54, 1.807) is 6.08 Å². The Hall–Kier alpha value is -3.09. The number of nitrogens with zero attached hydrogens (tertiary/aromatic N) is 1. The van der Waals surface area contributed by atoms with Crippen molar-refractivity contribution in [2.75, 3.05) is 23.3 Å². The number of aliphatic hydroxyl groups is 1. The quantitative estimate of drug-likeness (QED) is 0.319. The zero-order chi connectivity index (χ0) is 27.8. The molecule has 2 heterocycles. The molecule has 38 heavy (non-hydrogen) atoms. The Morgan fingerprint density at radius 3 is 2.45 bits per heavy atom. The lowest BCUT2D eigenvalue weighted by atomic mass is 9.82. The highest BCUT2D eigenvalue weighted by Crippen LogP contribution is 2.37. The van der Waals surface area contributed by atoms with E-state index in [1.807, 2.05) is 65.0 Å². The third-order valence-electron chi connectivity index (χ3n) is 7.32. The van der Waals surface area contributed by atoms with Crippen molar-refractivity contribution in [3.63, 3.8) is 0 Å². The molecule has 0 spiro atoms. The van der Waals surface area contributed by atoms with E-state index < -0.39 is 11.9 Å². The number of ether oxygens (including phenoxy) is 1. The average Bonchev–Trinajstić information content (AvgIpc) is 2.83. The zero-order valence-electron chi connectivity index (χ0n) is 23.9. The van der Waals surface area contributed by atoms with Gasteiger partial charge in [0.2, 0.25) is 11.3 Å². The molecule has 2 N–H and O–H groups in total. The molecule has 204 valence electrons. The van der Waals surface area contributed by atoms with Gasteiger partial charge in [-0.15, -0.1) is 0 Å². The Bertz CT molecular complexity index is 1370. The zero-order valence-corrected chi connectivity index (χ0v) is 23.9. The number of hydrogen-bond acceptors (Lipinski definition) is 6. The first kappa shape index (κ1) is 27.9. The normalized spacial score (nSPS) is 17.3. The second-order valence-electron chi connectivity index (χ2n) is 12.3. The van der Waals surface area contributed by atoms with Gasteiger partial charge in [-0.3, -0.25) is 4.79 Å². The molecule has 6 heteroatoms. The van der Waals surface area contributed by atoms with E-state index in [-0.39, 0.29) is 16.9 Å². The summed E-state index contributed by atoms with van der Waals surface area (Å²) in [5.74, 6) is 0.597. The lowest BCUT2D eigenvalue weighted by Crippen LogP contribution is -2.38. The smallest absolute Gasteiger partial charge is 0.207 e. The summed E-state index contributed by atoms with van der Waals surface area (Å²) in [6.45, 7) is 19.9. The van der Waals surface area contributed by atoms with E-state index in [0.29, 0.717) is 28.0 Å². The average molecular weight is 519 g/mol. The van der Waals surface area contributed by atoms with Gasteiger partial charge in [-0.2, -0.15) is 0 Å². The lowest BCUT2D eigenvalue weighted by Gasteiger charge is -2.37. The van der Waals surface area contributed by atoms with Crippen LogP contribution in [0.15, 0.2) is 52.2 Å². The van der Waals surface area contributed by atoms with Crippen LogP contribution in [0.4, 0.5) is 11.6 Å². The van der Waals surface area contributed by atoms with E-state index in [1.165, 1.54) is 0 Å². The van der Waals surface area contributed by atoms with Gasteiger partial charge in [0.1, 0.15) is 5.58 Å². The van der Waals surface area contributed by atoms with Gasteiger partial charge >= 0.3 is 0 Å². The first-order valence-corrected chi connectivity index (χ1v) is 13.5. The number of para-hydroxylation sites is 1. The molecule has 1 aliphatic heterocycles. The molecule has 1 unspecified atom stereocenters. The molecule has 3 aromatic rings. The predicted molar refractivity (Wildman–Crippen MR) is 157 cm³/mol. The first-order chi connectivity index (χ1) is 17.8. The van der Waals surface area contributed by atoms with Gasteiger partial charge in [0, 0.05) is 29.9 Å². The predicted octanol–water partition coefficient (Wildman–Crippen LogP) is 7.35. The highest BCUT2D eigenvalue weighted by atomic mass is 16.6. The van der Waals surface area contributed by atoms with Crippen molar-refractivity contribution in [1.82, 2.24) is 0 Å². The minimum atomic E-state index is -1.08. The van der Waals surface area contributed by atoms with Crippen LogP contribution < -0.4 is 15.6 Å². The SMILES string of the molecule is C=Cc1c(N2CCC(C)(C)CC2)oc2c([C@@H](C)Nc3ccccc3C(O)OC(C)(C)C)cc(C)cc2c1=O. The summed E-state index contributed by atoms with van der Waals surface area (Å²) in [5.41, 5.74) is 4.07. The number of aliphatic hydroxyl groups excluding tert-OH is 1. The molecule has 1 aromatic heterocycles. The van der Waals surface area contributed by atoms with Gasteiger partial charge in [0.25, 0.3) is 0 Å². The van der Waals surface area contributed by atoms with Crippen molar-refractivity contribution in [3.8, 4) is 0 Å². The van der Waals surface area contributed by atoms with Crippen LogP contribution in [-0.2, 0) is 4.74 Å². The lowest BCUT2D eigenvalue weighted by molar-refractivity contribution is -0.169. The fourth-order valence-corrected chi connectivity index (χ4v) is 5.08. The summed E-state index contributed by atoms with van der Waals surface area (Å²) < 4.78 is 12.4. The molecule has 2 aromatic carbocycles. The second-order valence-corrected chi connectivity index (χ2v) is 12.3. The van der Waals surface area contributed by atoms with E-state index >= 15 is 0 Å². The third kappa shape index (κ3) is 5.97. The van der Waals surface area contributed by atoms with E-state index in [0.717, 1.165) is 42.7 Å². The third-order valence-corrected chi connectivity index (χ3v) is 7.32. The highest BCUT2D eigenvalue weighted by molar-refractivity contribution is 5.86. The number of piperidine rings is 1. The number of hydrogen-bond donors (Lipinski definition) is 2. The second kappa shape index (κ2) is 10.6. The summed E-state index contributed by atoms with van der Waals surface area (Å²) in [7, 11) is 0. The highest BCUT2D eigenvalue weighted by Gasteiger charge is 2.29. The molecular formula is C32H42N2O4. The molecule has 0 aliphatic carbocycles. The van der Waals surface area contributed by atoms with Crippen molar-refractivity contribution >= 4 is 28.6 Å². The van der Waals surface area contributed by atoms with E-state index in [4.69, 9.17) is 9.15 Å². The van der Waals surface area contributed by atoms with Crippen molar-refractivity contribution < 1.29 is 14.3 Å². The number of fused-ring (bicyclic) bond motifs is 1. The van der Waals surface area contributed by atoms with Gasteiger partial charge in [0.05, 0.1) is 22.6 Å². The largest absolute Gasteiger partial charge is 0.439 e.